The Hall–Kier alpha value is -2.00. The standard InChI is InChI=1S/C22H25ClN2O/c23-18-12-10-17(11-13-18)21(22(26)24-19-7-2-1-3-8-19)25-15-14-16-6-4-5-9-20(16)25/h4-6,9-13,19,21H,1-3,7-8,14-15H2,(H,24,26)/t21-/m1/s1. The quantitative estimate of drug-likeness (QED) is 0.833. The summed E-state index contributed by atoms with van der Waals surface area (Å²) in [6, 6.07) is 16.1. The molecule has 26 heavy (non-hydrogen) atoms. The van der Waals surface area contributed by atoms with Crippen LogP contribution in [0.5, 0.6) is 0 Å². The van der Waals surface area contributed by atoms with Gasteiger partial charge in [0.25, 0.3) is 0 Å². The van der Waals surface area contributed by atoms with E-state index in [-0.39, 0.29) is 11.9 Å². The number of halogens is 1. The molecule has 2 aromatic carbocycles. The molecule has 136 valence electrons. The summed E-state index contributed by atoms with van der Waals surface area (Å²) in [5.74, 6) is 0.107. The highest BCUT2D eigenvalue weighted by atomic mass is 35.5. The van der Waals surface area contributed by atoms with Crippen LogP contribution in [0.1, 0.15) is 49.3 Å². The SMILES string of the molecule is O=C(NC1CCCCC1)[C@@H](c1ccc(Cl)cc1)N1CCc2ccccc21. The van der Waals surface area contributed by atoms with Crippen LogP contribution in [0.25, 0.3) is 0 Å². The van der Waals surface area contributed by atoms with Gasteiger partial charge in [0.1, 0.15) is 6.04 Å². The number of rotatable bonds is 4. The van der Waals surface area contributed by atoms with Gasteiger partial charge in [-0.3, -0.25) is 4.79 Å². The zero-order chi connectivity index (χ0) is 17.9. The summed E-state index contributed by atoms with van der Waals surface area (Å²) in [7, 11) is 0. The highest BCUT2D eigenvalue weighted by molar-refractivity contribution is 6.30. The summed E-state index contributed by atoms with van der Waals surface area (Å²) in [5.41, 5.74) is 3.49. The second kappa shape index (κ2) is 7.71. The average molecular weight is 369 g/mol. The third-order valence-corrected chi connectivity index (χ3v) is 5.87. The second-order valence-corrected chi connectivity index (χ2v) is 7.81. The van der Waals surface area contributed by atoms with Crippen molar-refractivity contribution < 1.29 is 4.79 Å². The van der Waals surface area contributed by atoms with Gasteiger partial charge in [0.15, 0.2) is 0 Å². The molecule has 0 aromatic heterocycles. The molecule has 0 spiro atoms. The Kier molecular flexibility index (Phi) is 5.16. The fourth-order valence-electron chi connectivity index (χ4n) is 4.28. The highest BCUT2D eigenvalue weighted by Gasteiger charge is 2.33. The van der Waals surface area contributed by atoms with Crippen molar-refractivity contribution >= 4 is 23.2 Å². The lowest BCUT2D eigenvalue weighted by atomic mass is 9.94. The van der Waals surface area contributed by atoms with E-state index in [2.05, 4.69) is 34.5 Å². The lowest BCUT2D eigenvalue weighted by Gasteiger charge is -2.32. The van der Waals surface area contributed by atoms with E-state index < -0.39 is 0 Å². The number of nitrogens with zero attached hydrogens (tertiary/aromatic N) is 1. The monoisotopic (exact) mass is 368 g/mol. The highest BCUT2D eigenvalue weighted by Crippen LogP contribution is 2.35. The Morgan fingerprint density at radius 1 is 1.04 bits per heavy atom. The van der Waals surface area contributed by atoms with Crippen molar-refractivity contribution in [1.29, 1.82) is 0 Å². The zero-order valence-corrected chi connectivity index (χ0v) is 15.7. The Morgan fingerprint density at radius 3 is 2.54 bits per heavy atom. The minimum Gasteiger partial charge on any atom is -0.355 e. The summed E-state index contributed by atoms with van der Waals surface area (Å²) in [4.78, 5) is 15.6. The molecule has 2 aromatic rings. The van der Waals surface area contributed by atoms with Gasteiger partial charge in [-0.25, -0.2) is 0 Å². The zero-order valence-electron chi connectivity index (χ0n) is 15.0. The molecule has 0 saturated heterocycles. The van der Waals surface area contributed by atoms with Crippen molar-refractivity contribution in [2.24, 2.45) is 0 Å². The Balaban J connectivity index is 1.63. The van der Waals surface area contributed by atoms with Gasteiger partial charge in [-0.1, -0.05) is 61.2 Å². The van der Waals surface area contributed by atoms with Crippen LogP contribution in [-0.4, -0.2) is 18.5 Å². The van der Waals surface area contributed by atoms with E-state index in [0.29, 0.717) is 11.1 Å². The summed E-state index contributed by atoms with van der Waals surface area (Å²) >= 11 is 6.08. The predicted molar refractivity (Wildman–Crippen MR) is 107 cm³/mol. The van der Waals surface area contributed by atoms with Crippen LogP contribution < -0.4 is 10.2 Å². The second-order valence-electron chi connectivity index (χ2n) is 7.37. The van der Waals surface area contributed by atoms with Crippen molar-refractivity contribution in [3.8, 4) is 0 Å². The number of anilines is 1. The van der Waals surface area contributed by atoms with Gasteiger partial charge in [-0.05, 0) is 48.6 Å². The summed E-state index contributed by atoms with van der Waals surface area (Å²) in [5, 5.41) is 4.02. The van der Waals surface area contributed by atoms with Crippen LogP contribution in [0.2, 0.25) is 5.02 Å². The Morgan fingerprint density at radius 2 is 1.77 bits per heavy atom. The molecule has 1 aliphatic heterocycles. The van der Waals surface area contributed by atoms with Crippen LogP contribution in [0, 0.1) is 0 Å². The molecule has 1 N–H and O–H groups in total. The largest absolute Gasteiger partial charge is 0.355 e. The van der Waals surface area contributed by atoms with Crippen LogP contribution >= 0.6 is 11.6 Å². The minimum atomic E-state index is -0.308. The van der Waals surface area contributed by atoms with Crippen molar-refractivity contribution in [3.05, 3.63) is 64.7 Å². The van der Waals surface area contributed by atoms with E-state index in [1.54, 1.807) is 0 Å². The Labute approximate surface area is 160 Å². The van der Waals surface area contributed by atoms with E-state index in [1.807, 2.05) is 24.3 Å². The molecule has 1 saturated carbocycles. The molecule has 1 amide bonds. The molecule has 4 rings (SSSR count). The minimum absolute atomic E-state index is 0.107. The first-order valence-corrected chi connectivity index (χ1v) is 10.0. The molecule has 4 heteroatoms. The molecule has 0 bridgehead atoms. The topological polar surface area (TPSA) is 32.3 Å². The number of hydrogen-bond acceptors (Lipinski definition) is 2. The van der Waals surface area contributed by atoms with Crippen LogP contribution in [0.3, 0.4) is 0 Å². The number of carbonyl (C=O) groups is 1. The van der Waals surface area contributed by atoms with Gasteiger partial charge in [-0.15, -0.1) is 0 Å². The molecular weight excluding hydrogens is 344 g/mol. The number of carbonyl (C=O) groups excluding carboxylic acids is 1. The number of amides is 1. The molecule has 1 aliphatic carbocycles. The molecule has 2 aliphatic rings. The van der Waals surface area contributed by atoms with Crippen molar-refractivity contribution in [2.75, 3.05) is 11.4 Å². The van der Waals surface area contributed by atoms with Crippen molar-refractivity contribution in [2.45, 2.75) is 50.6 Å². The van der Waals surface area contributed by atoms with Gasteiger partial charge in [0.2, 0.25) is 5.91 Å². The van der Waals surface area contributed by atoms with Crippen molar-refractivity contribution in [3.63, 3.8) is 0 Å². The normalized spacial score (nSPS) is 18.4. The van der Waals surface area contributed by atoms with Crippen LogP contribution in [0.4, 0.5) is 5.69 Å². The first-order valence-electron chi connectivity index (χ1n) is 9.63. The predicted octanol–water partition coefficient (Wildman–Crippen LogP) is 4.89. The van der Waals surface area contributed by atoms with Gasteiger partial charge in [0.05, 0.1) is 0 Å². The third-order valence-electron chi connectivity index (χ3n) is 5.62. The number of fused-ring (bicyclic) bond motifs is 1. The lowest BCUT2D eigenvalue weighted by Crippen LogP contribution is -2.44. The van der Waals surface area contributed by atoms with E-state index in [0.717, 1.165) is 31.4 Å². The number of benzene rings is 2. The van der Waals surface area contributed by atoms with E-state index in [1.165, 1.54) is 30.5 Å². The number of para-hydroxylation sites is 1. The van der Waals surface area contributed by atoms with E-state index >= 15 is 0 Å². The maximum atomic E-state index is 13.3. The summed E-state index contributed by atoms with van der Waals surface area (Å²) in [6.45, 7) is 0.866. The number of nitrogens with one attached hydrogen (secondary N) is 1. The molecule has 1 fully saturated rings. The summed E-state index contributed by atoms with van der Waals surface area (Å²) in [6.07, 6.45) is 6.88. The molecule has 3 nitrogen and oxygen atoms in total. The third kappa shape index (κ3) is 3.59. The molecular formula is C22H25ClN2O. The molecule has 0 radical (unpaired) electrons. The van der Waals surface area contributed by atoms with Crippen molar-refractivity contribution in [1.82, 2.24) is 5.32 Å². The van der Waals surface area contributed by atoms with Crippen LogP contribution in [-0.2, 0) is 11.2 Å². The van der Waals surface area contributed by atoms with Gasteiger partial charge in [0, 0.05) is 23.3 Å². The van der Waals surface area contributed by atoms with E-state index in [9.17, 15) is 4.79 Å². The fourth-order valence-corrected chi connectivity index (χ4v) is 4.40. The van der Waals surface area contributed by atoms with Gasteiger partial charge in [-0.2, -0.15) is 0 Å². The fraction of sp³-hybridized carbons (Fsp3) is 0.409. The maximum absolute atomic E-state index is 13.3. The first kappa shape index (κ1) is 17.4. The van der Waals surface area contributed by atoms with Crippen LogP contribution in [0.15, 0.2) is 48.5 Å². The average Bonchev–Trinajstić information content (AvgIpc) is 3.08. The lowest BCUT2D eigenvalue weighted by molar-refractivity contribution is -0.123. The Bertz CT molecular complexity index is 768. The maximum Gasteiger partial charge on any atom is 0.247 e. The summed E-state index contributed by atoms with van der Waals surface area (Å²) < 4.78 is 0. The van der Waals surface area contributed by atoms with Gasteiger partial charge >= 0.3 is 0 Å². The molecule has 1 heterocycles. The number of hydrogen-bond donors (Lipinski definition) is 1. The molecule has 1 atom stereocenters. The first-order chi connectivity index (χ1) is 12.7. The van der Waals surface area contributed by atoms with Gasteiger partial charge < -0.3 is 10.2 Å². The van der Waals surface area contributed by atoms with E-state index in [4.69, 9.17) is 11.6 Å². The smallest absolute Gasteiger partial charge is 0.247 e. The molecule has 0 unspecified atom stereocenters.